The quantitative estimate of drug-likeness (QED) is 0.837. The van der Waals surface area contributed by atoms with Crippen molar-refractivity contribution in [2.24, 2.45) is 0 Å². The van der Waals surface area contributed by atoms with Gasteiger partial charge in [-0.15, -0.1) is 0 Å². The van der Waals surface area contributed by atoms with Crippen molar-refractivity contribution in [3.8, 4) is 0 Å². The number of nitrogens with zero attached hydrogens (tertiary/aromatic N) is 3. The molecule has 0 spiro atoms. The minimum atomic E-state index is -3.07. The van der Waals surface area contributed by atoms with Crippen molar-refractivity contribution in [1.29, 1.82) is 0 Å². The van der Waals surface area contributed by atoms with E-state index in [0.717, 1.165) is 0 Å². The number of carbonyl (C=O) groups excluding carboxylic acids is 1. The summed E-state index contributed by atoms with van der Waals surface area (Å²) in [5.41, 5.74) is 0.923. The summed E-state index contributed by atoms with van der Waals surface area (Å²) in [5.74, 6) is 0.0947. The van der Waals surface area contributed by atoms with Crippen LogP contribution in [0.2, 0.25) is 5.02 Å². The number of rotatable bonds is 5. The maximum Gasteiger partial charge on any atom is 0.272 e. The fourth-order valence-electron chi connectivity index (χ4n) is 2.97. The smallest absolute Gasteiger partial charge is 0.272 e. The maximum atomic E-state index is 12.8. The summed E-state index contributed by atoms with van der Waals surface area (Å²) in [4.78, 5) is 22.8. The lowest BCUT2D eigenvalue weighted by atomic mass is 10.2. The van der Waals surface area contributed by atoms with Gasteiger partial charge in [0.2, 0.25) is 5.95 Å². The zero-order valence-electron chi connectivity index (χ0n) is 14.2. The highest BCUT2D eigenvalue weighted by atomic mass is 35.5. The van der Waals surface area contributed by atoms with Crippen molar-refractivity contribution in [2.75, 3.05) is 23.4 Å². The molecule has 0 radical (unpaired) electrons. The number of hydrogen-bond donors (Lipinski definition) is 1. The van der Waals surface area contributed by atoms with Crippen molar-refractivity contribution >= 4 is 39.0 Å². The number of aromatic nitrogens is 2. The minimum Gasteiger partial charge on any atom is -0.334 e. The third kappa shape index (κ3) is 4.31. The number of hydrogen-bond acceptors (Lipinski definition) is 6. The maximum absolute atomic E-state index is 12.8. The summed E-state index contributed by atoms with van der Waals surface area (Å²) in [6, 6.07) is 8.29. The van der Waals surface area contributed by atoms with Gasteiger partial charge in [0, 0.05) is 29.5 Å². The predicted molar refractivity (Wildman–Crippen MR) is 101 cm³/mol. The zero-order chi connectivity index (χ0) is 18.7. The Morgan fingerprint density at radius 3 is 2.85 bits per heavy atom. The summed E-state index contributed by atoms with van der Waals surface area (Å²) in [5, 5.41) is 3.58. The van der Waals surface area contributed by atoms with E-state index in [9.17, 15) is 13.2 Å². The van der Waals surface area contributed by atoms with Crippen molar-refractivity contribution < 1.29 is 13.2 Å². The third-order valence-corrected chi connectivity index (χ3v) is 6.19. The fraction of sp³-hybridized carbons (Fsp3) is 0.353. The predicted octanol–water partition coefficient (Wildman–Crippen LogP) is 2.52. The second-order valence-corrected chi connectivity index (χ2v) is 8.71. The number of carbonyl (C=O) groups is 1. The molecule has 1 unspecified atom stereocenters. The monoisotopic (exact) mass is 394 g/mol. The highest BCUT2D eigenvalue weighted by Gasteiger charge is 2.34. The average Bonchev–Trinajstić information content (AvgIpc) is 2.95. The first kappa shape index (κ1) is 18.6. The van der Waals surface area contributed by atoms with Gasteiger partial charge >= 0.3 is 0 Å². The molecule has 3 rings (SSSR count). The Morgan fingerprint density at radius 1 is 1.38 bits per heavy atom. The molecule has 2 aromatic rings. The van der Waals surface area contributed by atoms with Crippen LogP contribution in [0.1, 0.15) is 23.8 Å². The molecule has 0 aliphatic carbocycles. The van der Waals surface area contributed by atoms with Crippen LogP contribution >= 0.6 is 11.6 Å². The fourth-order valence-corrected chi connectivity index (χ4v) is 4.89. The molecule has 1 N–H and O–H groups in total. The van der Waals surface area contributed by atoms with E-state index in [1.54, 1.807) is 23.1 Å². The second-order valence-electron chi connectivity index (χ2n) is 6.05. The van der Waals surface area contributed by atoms with Crippen LogP contribution in [0.25, 0.3) is 0 Å². The van der Waals surface area contributed by atoms with Crippen LogP contribution < -0.4 is 5.32 Å². The molecule has 0 saturated carbocycles. The molecule has 1 aliphatic heterocycles. The van der Waals surface area contributed by atoms with Crippen molar-refractivity contribution in [1.82, 2.24) is 14.9 Å². The first-order chi connectivity index (χ1) is 12.4. The number of halogens is 1. The van der Waals surface area contributed by atoms with Crippen molar-refractivity contribution in [3.05, 3.63) is 47.2 Å². The van der Waals surface area contributed by atoms with Gasteiger partial charge in [-0.3, -0.25) is 4.79 Å². The minimum absolute atomic E-state index is 0.00524. The SMILES string of the molecule is CCN(C(=O)c1ccnc(Nc2cccc(Cl)c2)n1)C1CCS(=O)(=O)C1. The Labute approximate surface area is 157 Å². The highest BCUT2D eigenvalue weighted by Crippen LogP contribution is 2.21. The van der Waals surface area contributed by atoms with Crippen LogP contribution in [0.3, 0.4) is 0 Å². The Kier molecular flexibility index (Phi) is 5.43. The van der Waals surface area contributed by atoms with Gasteiger partial charge in [-0.2, -0.15) is 0 Å². The van der Waals surface area contributed by atoms with Gasteiger partial charge < -0.3 is 10.2 Å². The summed E-state index contributed by atoms with van der Waals surface area (Å²) < 4.78 is 23.4. The first-order valence-electron chi connectivity index (χ1n) is 8.25. The molecular weight excluding hydrogens is 376 g/mol. The van der Waals surface area contributed by atoms with Gasteiger partial charge in [0.1, 0.15) is 5.69 Å². The standard InChI is InChI=1S/C17H19ClN4O3S/c1-2-22(14-7-9-26(24,25)11-14)16(23)15-6-8-19-17(21-15)20-13-5-3-4-12(18)10-13/h3-6,8,10,14H,2,7,9,11H2,1H3,(H,19,20,21). The largest absolute Gasteiger partial charge is 0.334 e. The van der Waals surface area contributed by atoms with Crippen LogP contribution in [0.5, 0.6) is 0 Å². The molecule has 1 aliphatic rings. The zero-order valence-corrected chi connectivity index (χ0v) is 15.8. The van der Waals surface area contributed by atoms with Crippen LogP contribution in [-0.4, -0.2) is 53.3 Å². The molecule has 7 nitrogen and oxygen atoms in total. The molecule has 0 bridgehead atoms. The molecule has 1 aromatic heterocycles. The lowest BCUT2D eigenvalue weighted by Crippen LogP contribution is -2.41. The van der Waals surface area contributed by atoms with E-state index < -0.39 is 9.84 Å². The second kappa shape index (κ2) is 7.59. The van der Waals surface area contributed by atoms with Gasteiger partial charge in [0.15, 0.2) is 9.84 Å². The van der Waals surface area contributed by atoms with E-state index in [1.165, 1.54) is 12.3 Å². The molecule has 26 heavy (non-hydrogen) atoms. The summed E-state index contributed by atoms with van der Waals surface area (Å²) >= 11 is 5.96. The third-order valence-electron chi connectivity index (χ3n) is 4.21. The molecule has 2 heterocycles. The number of sulfone groups is 1. The van der Waals surface area contributed by atoms with E-state index in [4.69, 9.17) is 11.6 Å². The van der Waals surface area contributed by atoms with Gasteiger partial charge in [-0.05, 0) is 37.6 Å². The highest BCUT2D eigenvalue weighted by molar-refractivity contribution is 7.91. The van der Waals surface area contributed by atoms with Gasteiger partial charge in [0.25, 0.3) is 5.91 Å². The lowest BCUT2D eigenvalue weighted by molar-refractivity contribution is 0.0702. The van der Waals surface area contributed by atoms with Crippen LogP contribution in [0, 0.1) is 0 Å². The van der Waals surface area contributed by atoms with E-state index in [0.29, 0.717) is 23.7 Å². The van der Waals surface area contributed by atoms with E-state index >= 15 is 0 Å². The molecular formula is C17H19ClN4O3S. The van der Waals surface area contributed by atoms with Gasteiger partial charge in [-0.1, -0.05) is 17.7 Å². The van der Waals surface area contributed by atoms with Crippen LogP contribution in [0.15, 0.2) is 36.5 Å². The summed E-state index contributed by atoms with van der Waals surface area (Å²) in [7, 11) is -3.07. The van der Waals surface area contributed by atoms with Crippen molar-refractivity contribution in [3.63, 3.8) is 0 Å². The molecule has 1 atom stereocenters. The van der Waals surface area contributed by atoms with E-state index in [-0.39, 0.29) is 35.1 Å². The summed E-state index contributed by atoms with van der Waals surface area (Å²) in [6.45, 7) is 2.25. The molecule has 1 amide bonds. The van der Waals surface area contributed by atoms with E-state index in [2.05, 4.69) is 15.3 Å². The lowest BCUT2D eigenvalue weighted by Gasteiger charge is -2.26. The molecule has 1 aromatic carbocycles. The normalized spacial score (nSPS) is 18.5. The Morgan fingerprint density at radius 2 is 2.19 bits per heavy atom. The topological polar surface area (TPSA) is 92.3 Å². The molecule has 1 fully saturated rings. The number of nitrogens with one attached hydrogen (secondary N) is 1. The molecule has 1 saturated heterocycles. The van der Waals surface area contributed by atoms with Crippen LogP contribution in [-0.2, 0) is 9.84 Å². The number of benzene rings is 1. The summed E-state index contributed by atoms with van der Waals surface area (Å²) in [6.07, 6.45) is 1.95. The Hall–Kier alpha value is -2.19. The molecule has 138 valence electrons. The van der Waals surface area contributed by atoms with E-state index in [1.807, 2.05) is 13.0 Å². The Bertz CT molecular complexity index is 920. The number of anilines is 2. The molecule has 9 heteroatoms. The van der Waals surface area contributed by atoms with Crippen molar-refractivity contribution in [2.45, 2.75) is 19.4 Å². The van der Waals surface area contributed by atoms with Gasteiger partial charge in [0.05, 0.1) is 11.5 Å². The number of amides is 1. The Balaban J connectivity index is 1.79. The van der Waals surface area contributed by atoms with Gasteiger partial charge in [-0.25, -0.2) is 18.4 Å². The van der Waals surface area contributed by atoms with Crippen LogP contribution in [0.4, 0.5) is 11.6 Å². The average molecular weight is 395 g/mol. The first-order valence-corrected chi connectivity index (χ1v) is 10.4.